The molecule has 0 aliphatic heterocycles. The number of aliphatic hydroxyl groups excluding tert-OH is 3. The van der Waals surface area contributed by atoms with Gasteiger partial charge in [0.2, 0.25) is 5.91 Å². The lowest BCUT2D eigenvalue weighted by molar-refractivity contribution is -0.124. The normalized spacial score (nSPS) is 13.9. The summed E-state index contributed by atoms with van der Waals surface area (Å²) in [6.45, 7) is 4.15. The third-order valence-electron chi connectivity index (χ3n) is 9.94. The van der Waals surface area contributed by atoms with Crippen LogP contribution in [0.2, 0.25) is 0 Å². The van der Waals surface area contributed by atoms with Gasteiger partial charge in [-0.1, -0.05) is 172 Å². The highest BCUT2D eigenvalue weighted by Crippen LogP contribution is 2.14. The second-order valence-electron chi connectivity index (χ2n) is 14.9. The monoisotopic (exact) mass is 704 g/mol. The minimum absolute atomic E-state index is 0.163. The maximum Gasteiger partial charge on any atom is 0.220 e. The first-order valence-corrected chi connectivity index (χ1v) is 21.8. The third-order valence-corrected chi connectivity index (χ3v) is 9.94. The van der Waals surface area contributed by atoms with Crippen LogP contribution >= 0.6 is 0 Å². The second kappa shape index (κ2) is 40.3. The van der Waals surface area contributed by atoms with Crippen LogP contribution in [-0.2, 0) is 4.79 Å². The van der Waals surface area contributed by atoms with Gasteiger partial charge in [0, 0.05) is 6.42 Å². The molecule has 0 saturated carbocycles. The largest absolute Gasteiger partial charge is 0.394 e. The summed E-state index contributed by atoms with van der Waals surface area (Å²) in [5.74, 6) is -0.163. The number of amides is 1. The fourth-order valence-corrected chi connectivity index (χ4v) is 6.53. The molecule has 0 aliphatic rings. The molecule has 0 bridgehead atoms. The Hall–Kier alpha value is -1.43. The summed E-state index contributed by atoms with van der Waals surface area (Å²) in [7, 11) is 0. The Bertz CT molecular complexity index is 779. The Labute approximate surface area is 311 Å². The average Bonchev–Trinajstić information content (AvgIpc) is 3.12. The summed E-state index contributed by atoms with van der Waals surface area (Å²) < 4.78 is 0. The van der Waals surface area contributed by atoms with Crippen LogP contribution in [0.1, 0.15) is 219 Å². The van der Waals surface area contributed by atoms with Gasteiger partial charge in [-0.25, -0.2) is 0 Å². The maximum atomic E-state index is 12.4. The molecule has 3 unspecified atom stereocenters. The van der Waals surface area contributed by atoms with E-state index in [0.29, 0.717) is 12.8 Å². The molecule has 0 aromatic heterocycles. The molecule has 0 aliphatic carbocycles. The van der Waals surface area contributed by atoms with Crippen LogP contribution in [0.25, 0.3) is 0 Å². The fourth-order valence-electron chi connectivity index (χ4n) is 6.53. The molecule has 4 N–H and O–H groups in total. The molecule has 0 radical (unpaired) electrons. The second-order valence-corrected chi connectivity index (χ2v) is 14.9. The molecule has 50 heavy (non-hydrogen) atoms. The van der Waals surface area contributed by atoms with Crippen LogP contribution in [-0.4, -0.2) is 46.1 Å². The Morgan fingerprint density at radius 1 is 0.480 bits per heavy atom. The van der Waals surface area contributed by atoms with Gasteiger partial charge in [-0.05, 0) is 77.0 Å². The van der Waals surface area contributed by atoms with Crippen molar-refractivity contribution in [2.24, 2.45) is 0 Å². The van der Waals surface area contributed by atoms with Crippen molar-refractivity contribution in [1.82, 2.24) is 5.32 Å². The molecular formula is C45H85NO4. The van der Waals surface area contributed by atoms with E-state index < -0.39 is 18.2 Å². The molecule has 1 amide bonds. The van der Waals surface area contributed by atoms with Crippen LogP contribution in [0.5, 0.6) is 0 Å². The molecule has 294 valence electrons. The van der Waals surface area contributed by atoms with Crippen molar-refractivity contribution < 1.29 is 20.1 Å². The van der Waals surface area contributed by atoms with E-state index in [0.717, 1.165) is 44.9 Å². The van der Waals surface area contributed by atoms with Crippen LogP contribution in [0.3, 0.4) is 0 Å². The number of allylic oxidation sites excluding steroid dienone is 6. The first-order chi connectivity index (χ1) is 24.6. The predicted molar refractivity (Wildman–Crippen MR) is 218 cm³/mol. The lowest BCUT2D eigenvalue weighted by Gasteiger charge is -2.26. The quantitative estimate of drug-likeness (QED) is 0.0379. The van der Waals surface area contributed by atoms with Crippen molar-refractivity contribution in [2.75, 3.05) is 6.61 Å². The van der Waals surface area contributed by atoms with Gasteiger partial charge in [-0.15, -0.1) is 0 Å². The van der Waals surface area contributed by atoms with Crippen LogP contribution < -0.4 is 5.32 Å². The number of nitrogens with one attached hydrogen (secondary N) is 1. The maximum absolute atomic E-state index is 12.4. The van der Waals surface area contributed by atoms with E-state index in [1.54, 1.807) is 0 Å². The predicted octanol–water partition coefficient (Wildman–Crippen LogP) is 12.4. The molecule has 0 saturated heterocycles. The van der Waals surface area contributed by atoms with Crippen molar-refractivity contribution in [3.8, 4) is 0 Å². The molecule has 5 heteroatoms. The molecule has 0 rings (SSSR count). The van der Waals surface area contributed by atoms with E-state index in [-0.39, 0.29) is 12.5 Å². The standard InChI is InChI=1S/C45H85NO4/c1-3-5-7-9-11-13-15-17-19-20-21-22-23-24-26-28-30-32-34-36-38-40-44(49)46-42(41-47)45(50)43(48)39-37-35-33-31-29-27-25-18-16-14-12-10-8-6-4-2/h18,22-23,25,31,33,42-43,45,47-48,50H,3-17,19-21,24,26-30,32,34-41H2,1-2H3,(H,46,49)/b23-22-,25-18+,33-31+. The molecule has 3 atom stereocenters. The zero-order chi connectivity index (χ0) is 36.6. The van der Waals surface area contributed by atoms with Gasteiger partial charge in [0.25, 0.3) is 0 Å². The summed E-state index contributed by atoms with van der Waals surface area (Å²) in [5, 5.41) is 33.5. The van der Waals surface area contributed by atoms with Crippen molar-refractivity contribution in [1.29, 1.82) is 0 Å². The van der Waals surface area contributed by atoms with E-state index in [1.807, 2.05) is 0 Å². The Kier molecular flexibility index (Phi) is 39.2. The molecule has 0 fully saturated rings. The fraction of sp³-hybridized carbons (Fsp3) is 0.844. The van der Waals surface area contributed by atoms with Gasteiger partial charge in [0.15, 0.2) is 0 Å². The van der Waals surface area contributed by atoms with Crippen molar-refractivity contribution >= 4 is 5.91 Å². The van der Waals surface area contributed by atoms with E-state index in [4.69, 9.17) is 0 Å². The third kappa shape index (κ3) is 35.0. The number of unbranched alkanes of at least 4 members (excludes halogenated alkanes) is 25. The topological polar surface area (TPSA) is 89.8 Å². The van der Waals surface area contributed by atoms with E-state index in [2.05, 4.69) is 55.6 Å². The van der Waals surface area contributed by atoms with Gasteiger partial charge < -0.3 is 20.6 Å². The zero-order valence-corrected chi connectivity index (χ0v) is 33.3. The Morgan fingerprint density at radius 2 is 0.820 bits per heavy atom. The molecular weight excluding hydrogens is 618 g/mol. The van der Waals surface area contributed by atoms with Crippen molar-refractivity contribution in [2.45, 2.75) is 238 Å². The van der Waals surface area contributed by atoms with E-state index >= 15 is 0 Å². The summed E-state index contributed by atoms with van der Waals surface area (Å²) in [4.78, 5) is 12.4. The number of rotatable bonds is 39. The van der Waals surface area contributed by atoms with Crippen LogP contribution in [0.15, 0.2) is 36.5 Å². The van der Waals surface area contributed by atoms with Gasteiger partial charge in [0.05, 0.1) is 18.8 Å². The van der Waals surface area contributed by atoms with E-state index in [9.17, 15) is 20.1 Å². The summed E-state index contributed by atoms with van der Waals surface area (Å²) in [6.07, 6.45) is 49.6. The number of hydrogen-bond acceptors (Lipinski definition) is 4. The minimum atomic E-state index is -1.17. The van der Waals surface area contributed by atoms with E-state index in [1.165, 1.54) is 148 Å². The number of carbonyl (C=O) groups excluding carboxylic acids is 1. The van der Waals surface area contributed by atoms with Gasteiger partial charge in [0.1, 0.15) is 6.10 Å². The first kappa shape index (κ1) is 48.6. The summed E-state index contributed by atoms with van der Waals surface area (Å²) in [6, 6.07) is -0.833. The zero-order valence-electron chi connectivity index (χ0n) is 33.3. The first-order valence-electron chi connectivity index (χ1n) is 21.8. The molecule has 0 heterocycles. The van der Waals surface area contributed by atoms with Crippen LogP contribution in [0.4, 0.5) is 0 Å². The average molecular weight is 704 g/mol. The lowest BCUT2D eigenvalue weighted by Crippen LogP contribution is -2.50. The van der Waals surface area contributed by atoms with Crippen molar-refractivity contribution in [3.63, 3.8) is 0 Å². The SMILES string of the molecule is CCCCCCCC/C=C/CC/C=C/CCCC(O)C(O)C(CO)NC(=O)CCCCCCCCC/C=C\CCCCCCCCCCCC. The summed E-state index contributed by atoms with van der Waals surface area (Å²) >= 11 is 0. The highest BCUT2D eigenvalue weighted by molar-refractivity contribution is 5.76. The number of aliphatic hydroxyl groups is 3. The molecule has 0 aromatic rings. The molecule has 5 nitrogen and oxygen atoms in total. The van der Waals surface area contributed by atoms with Crippen LogP contribution in [0, 0.1) is 0 Å². The number of carbonyl (C=O) groups is 1. The molecule has 0 aromatic carbocycles. The van der Waals surface area contributed by atoms with Crippen molar-refractivity contribution in [3.05, 3.63) is 36.5 Å². The highest BCUT2D eigenvalue weighted by atomic mass is 16.3. The lowest BCUT2D eigenvalue weighted by atomic mass is 10.0. The smallest absolute Gasteiger partial charge is 0.220 e. The Balaban J connectivity index is 3.69. The van der Waals surface area contributed by atoms with Gasteiger partial charge >= 0.3 is 0 Å². The minimum Gasteiger partial charge on any atom is -0.394 e. The van der Waals surface area contributed by atoms with Gasteiger partial charge in [-0.3, -0.25) is 4.79 Å². The highest BCUT2D eigenvalue weighted by Gasteiger charge is 2.26. The summed E-state index contributed by atoms with van der Waals surface area (Å²) in [5.41, 5.74) is 0. The Morgan fingerprint density at radius 3 is 1.22 bits per heavy atom. The van der Waals surface area contributed by atoms with Gasteiger partial charge in [-0.2, -0.15) is 0 Å². The number of hydrogen-bond donors (Lipinski definition) is 4. The molecule has 0 spiro atoms.